The fraction of sp³-hybridized carbons (Fsp3) is 0.900. The number of rotatable bonds is 7. The number of ether oxygens (including phenoxy) is 2. The highest BCUT2D eigenvalue weighted by molar-refractivity contribution is 5.80. The van der Waals surface area contributed by atoms with Gasteiger partial charge in [-0.25, -0.2) is 0 Å². The van der Waals surface area contributed by atoms with Gasteiger partial charge >= 0.3 is 0 Å². The first-order chi connectivity index (χ1) is 13.8. The minimum atomic E-state index is 0.290. The van der Waals surface area contributed by atoms with E-state index in [4.69, 9.17) is 9.47 Å². The van der Waals surface area contributed by atoms with Gasteiger partial charge in [0, 0.05) is 72.7 Å². The van der Waals surface area contributed by atoms with Crippen LogP contribution in [0.5, 0.6) is 0 Å². The van der Waals surface area contributed by atoms with Crippen LogP contribution >= 0.6 is 0 Å². The zero-order valence-electron chi connectivity index (χ0n) is 17.4. The minimum Gasteiger partial charge on any atom is -0.381 e. The largest absolute Gasteiger partial charge is 0.381 e. The van der Waals surface area contributed by atoms with E-state index in [1.54, 1.807) is 0 Å². The van der Waals surface area contributed by atoms with Gasteiger partial charge in [0.1, 0.15) is 0 Å². The Labute approximate surface area is 169 Å². The van der Waals surface area contributed by atoms with E-state index in [1.807, 2.05) is 11.9 Å². The molecule has 28 heavy (non-hydrogen) atoms. The molecule has 0 spiro atoms. The summed E-state index contributed by atoms with van der Waals surface area (Å²) in [6.07, 6.45) is 5.67. The predicted octanol–water partition coefficient (Wildman–Crippen LogP) is 0.388. The van der Waals surface area contributed by atoms with Crippen LogP contribution in [-0.2, 0) is 14.3 Å². The monoisotopic (exact) mass is 395 g/mol. The first-order valence-electron chi connectivity index (χ1n) is 10.9. The summed E-state index contributed by atoms with van der Waals surface area (Å²) >= 11 is 0. The fourth-order valence-electron chi connectivity index (χ4n) is 4.07. The van der Waals surface area contributed by atoms with Crippen LogP contribution in [0, 0.1) is 0 Å². The molecule has 3 aliphatic heterocycles. The van der Waals surface area contributed by atoms with Crippen LogP contribution in [-0.4, -0.2) is 112 Å². The number of hydrogen-bond acceptors (Lipinski definition) is 5. The van der Waals surface area contributed by atoms with Crippen LogP contribution in [0.2, 0.25) is 0 Å². The van der Waals surface area contributed by atoms with Crippen LogP contribution in [0.25, 0.3) is 0 Å². The van der Waals surface area contributed by atoms with Crippen molar-refractivity contribution in [3.05, 3.63) is 0 Å². The topological polar surface area (TPSA) is 69.6 Å². The molecule has 0 radical (unpaired) electrons. The number of hydrogen-bond donors (Lipinski definition) is 1. The summed E-state index contributed by atoms with van der Waals surface area (Å²) in [5.74, 6) is 1.24. The van der Waals surface area contributed by atoms with Crippen molar-refractivity contribution in [3.63, 3.8) is 0 Å². The molecule has 3 fully saturated rings. The van der Waals surface area contributed by atoms with Gasteiger partial charge in [-0.05, 0) is 32.1 Å². The normalized spacial score (nSPS) is 22.7. The van der Waals surface area contributed by atoms with Crippen LogP contribution in [0.4, 0.5) is 0 Å². The maximum atomic E-state index is 12.3. The van der Waals surface area contributed by atoms with Gasteiger partial charge in [-0.3, -0.25) is 14.7 Å². The molecule has 3 saturated heterocycles. The van der Waals surface area contributed by atoms with Gasteiger partial charge in [0.05, 0.1) is 12.6 Å². The van der Waals surface area contributed by atoms with Gasteiger partial charge in [-0.2, -0.15) is 0 Å². The molecule has 0 aromatic heterocycles. The number of aliphatic imine (C=N–C) groups is 1. The highest BCUT2D eigenvalue weighted by atomic mass is 16.5. The Hall–Kier alpha value is -1.38. The Morgan fingerprint density at radius 3 is 2.46 bits per heavy atom. The molecule has 0 saturated carbocycles. The predicted molar refractivity (Wildman–Crippen MR) is 110 cm³/mol. The molecule has 1 amide bonds. The molecule has 1 N–H and O–H groups in total. The van der Waals surface area contributed by atoms with Crippen molar-refractivity contribution in [2.24, 2.45) is 4.99 Å². The van der Waals surface area contributed by atoms with Gasteiger partial charge in [0.25, 0.3) is 0 Å². The Morgan fingerprint density at radius 2 is 1.79 bits per heavy atom. The average Bonchev–Trinajstić information content (AvgIpc) is 3.27. The summed E-state index contributed by atoms with van der Waals surface area (Å²) in [5, 5.41) is 3.45. The molecule has 0 atom stereocenters. The third-order valence-corrected chi connectivity index (χ3v) is 5.83. The quantitative estimate of drug-likeness (QED) is 0.382. The lowest BCUT2D eigenvalue weighted by Crippen LogP contribution is -2.54. The Morgan fingerprint density at radius 1 is 1.07 bits per heavy atom. The highest BCUT2D eigenvalue weighted by Crippen LogP contribution is 2.11. The molecule has 0 aliphatic carbocycles. The molecule has 0 unspecified atom stereocenters. The molecule has 8 heteroatoms. The molecular formula is C20H37N5O3. The molecule has 3 aliphatic rings. The standard InChI is InChI=1S/C20H37N5O3/c1-21-20(22-7-4-14-28-18-5-15-27-16-6-18)25-12-10-23(11-13-25)17-19(26)24-8-2-3-9-24/h18H,2-17H2,1H3,(H,21,22). The molecular weight excluding hydrogens is 358 g/mol. The van der Waals surface area contributed by atoms with Gasteiger partial charge in [0.15, 0.2) is 5.96 Å². The first kappa shape index (κ1) is 21.3. The van der Waals surface area contributed by atoms with E-state index in [2.05, 4.69) is 20.1 Å². The van der Waals surface area contributed by atoms with E-state index in [-0.39, 0.29) is 5.91 Å². The Balaban J connectivity index is 1.28. The average molecular weight is 396 g/mol. The number of carbonyl (C=O) groups is 1. The van der Waals surface area contributed by atoms with Crippen molar-refractivity contribution in [2.75, 3.05) is 79.2 Å². The van der Waals surface area contributed by atoms with E-state index in [1.165, 1.54) is 0 Å². The van der Waals surface area contributed by atoms with Crippen molar-refractivity contribution < 1.29 is 14.3 Å². The second-order valence-corrected chi connectivity index (χ2v) is 7.86. The van der Waals surface area contributed by atoms with Crippen LogP contribution in [0.15, 0.2) is 4.99 Å². The van der Waals surface area contributed by atoms with Gasteiger partial charge in [-0.15, -0.1) is 0 Å². The third-order valence-electron chi connectivity index (χ3n) is 5.83. The third kappa shape index (κ3) is 6.60. The van der Waals surface area contributed by atoms with E-state index in [0.29, 0.717) is 12.6 Å². The second kappa shape index (κ2) is 11.6. The van der Waals surface area contributed by atoms with Crippen molar-refractivity contribution in [3.8, 4) is 0 Å². The highest BCUT2D eigenvalue weighted by Gasteiger charge is 2.24. The first-order valence-corrected chi connectivity index (χ1v) is 10.9. The number of nitrogens with one attached hydrogen (secondary N) is 1. The van der Waals surface area contributed by atoms with Crippen LogP contribution < -0.4 is 5.32 Å². The molecule has 8 nitrogen and oxygen atoms in total. The summed E-state index contributed by atoms with van der Waals surface area (Å²) in [5.41, 5.74) is 0. The van der Waals surface area contributed by atoms with Gasteiger partial charge in [0.2, 0.25) is 5.91 Å². The zero-order chi connectivity index (χ0) is 19.6. The van der Waals surface area contributed by atoms with Crippen molar-refractivity contribution in [2.45, 2.75) is 38.2 Å². The number of likely N-dealkylation sites (tertiary alicyclic amines) is 1. The van der Waals surface area contributed by atoms with Crippen molar-refractivity contribution >= 4 is 11.9 Å². The van der Waals surface area contributed by atoms with E-state index in [0.717, 1.165) is 104 Å². The maximum absolute atomic E-state index is 12.3. The van der Waals surface area contributed by atoms with Crippen LogP contribution in [0.1, 0.15) is 32.1 Å². The van der Waals surface area contributed by atoms with Crippen LogP contribution in [0.3, 0.4) is 0 Å². The Kier molecular flexibility index (Phi) is 8.82. The summed E-state index contributed by atoms with van der Waals surface area (Å²) in [6.45, 7) is 9.36. The minimum absolute atomic E-state index is 0.290. The lowest BCUT2D eigenvalue weighted by molar-refractivity contribution is -0.131. The molecule has 0 aromatic carbocycles. The number of carbonyl (C=O) groups excluding carboxylic acids is 1. The smallest absolute Gasteiger partial charge is 0.236 e. The van der Waals surface area contributed by atoms with E-state index < -0.39 is 0 Å². The maximum Gasteiger partial charge on any atom is 0.236 e. The number of piperazine rings is 1. The van der Waals surface area contributed by atoms with Crippen molar-refractivity contribution in [1.29, 1.82) is 0 Å². The van der Waals surface area contributed by atoms with Gasteiger partial charge in [-0.1, -0.05) is 0 Å². The van der Waals surface area contributed by atoms with E-state index in [9.17, 15) is 4.79 Å². The number of nitrogens with zero attached hydrogens (tertiary/aromatic N) is 4. The SMILES string of the molecule is CN=C(NCCCOC1CCOCC1)N1CCN(CC(=O)N2CCCC2)CC1. The molecule has 3 heterocycles. The zero-order valence-corrected chi connectivity index (χ0v) is 17.4. The fourth-order valence-corrected chi connectivity index (χ4v) is 4.07. The summed E-state index contributed by atoms with van der Waals surface area (Å²) < 4.78 is 11.3. The summed E-state index contributed by atoms with van der Waals surface area (Å²) in [7, 11) is 1.84. The number of amides is 1. The second-order valence-electron chi connectivity index (χ2n) is 7.86. The summed E-state index contributed by atoms with van der Waals surface area (Å²) in [4.78, 5) is 23.3. The molecule has 0 aromatic rings. The van der Waals surface area contributed by atoms with Gasteiger partial charge < -0.3 is 24.6 Å². The summed E-state index contributed by atoms with van der Waals surface area (Å²) in [6, 6.07) is 0. The van der Waals surface area contributed by atoms with Crippen molar-refractivity contribution in [1.82, 2.24) is 20.0 Å². The Bertz CT molecular complexity index is 496. The number of guanidine groups is 1. The molecule has 3 rings (SSSR count). The van der Waals surface area contributed by atoms with E-state index >= 15 is 0 Å². The molecule has 160 valence electrons. The lowest BCUT2D eigenvalue weighted by atomic mass is 10.1. The lowest BCUT2D eigenvalue weighted by Gasteiger charge is -2.36. The molecule has 0 bridgehead atoms.